The van der Waals surface area contributed by atoms with Gasteiger partial charge in [0.1, 0.15) is 9.81 Å². The van der Waals surface area contributed by atoms with Gasteiger partial charge in [0.25, 0.3) is 0 Å². The molecule has 1 aliphatic heterocycles. The van der Waals surface area contributed by atoms with Crippen LogP contribution in [0.3, 0.4) is 0 Å². The Balaban J connectivity index is 2.19. The molecule has 0 radical (unpaired) electrons. The Labute approximate surface area is 128 Å². The van der Waals surface area contributed by atoms with Gasteiger partial charge in [-0.05, 0) is 45.7 Å². The van der Waals surface area contributed by atoms with Crippen molar-refractivity contribution in [1.29, 1.82) is 0 Å². The fourth-order valence-corrected chi connectivity index (χ4v) is 4.16. The zero-order chi connectivity index (χ0) is 15.8. The largest absolute Gasteiger partial charge is 0.444 e. The van der Waals surface area contributed by atoms with Gasteiger partial charge < -0.3 is 9.64 Å². The van der Waals surface area contributed by atoms with E-state index in [1.54, 1.807) is 11.0 Å². The number of hydrogen-bond acceptors (Lipinski definition) is 5. The van der Waals surface area contributed by atoms with E-state index in [1.165, 1.54) is 6.07 Å². The second kappa shape index (κ2) is 5.58. The van der Waals surface area contributed by atoms with E-state index in [1.807, 2.05) is 20.8 Å². The van der Waals surface area contributed by atoms with E-state index in [0.717, 1.165) is 29.1 Å². The summed E-state index contributed by atoms with van der Waals surface area (Å²) in [6, 6.07) is 3.07. The SMILES string of the molecule is CC(C)(C)OC(=O)N1CCC[C@@H]1c1ccc(S(N)(=O)=O)s1. The Kier molecular flexibility index (Phi) is 4.32. The number of rotatable bonds is 2. The molecule has 2 heterocycles. The lowest BCUT2D eigenvalue weighted by atomic mass is 10.2. The summed E-state index contributed by atoms with van der Waals surface area (Å²) in [4.78, 5) is 14.7. The molecule has 21 heavy (non-hydrogen) atoms. The third-order valence-electron chi connectivity index (χ3n) is 3.09. The van der Waals surface area contributed by atoms with Crippen molar-refractivity contribution in [2.24, 2.45) is 5.14 Å². The van der Waals surface area contributed by atoms with Crippen LogP contribution in [0.2, 0.25) is 0 Å². The fraction of sp³-hybridized carbons (Fsp3) is 0.615. The van der Waals surface area contributed by atoms with E-state index in [-0.39, 0.29) is 16.3 Å². The Bertz CT molecular complexity index is 631. The van der Waals surface area contributed by atoms with Crippen molar-refractivity contribution in [3.63, 3.8) is 0 Å². The normalized spacial score (nSPS) is 19.8. The van der Waals surface area contributed by atoms with Gasteiger partial charge in [-0.15, -0.1) is 11.3 Å². The lowest BCUT2D eigenvalue weighted by Crippen LogP contribution is -2.36. The van der Waals surface area contributed by atoms with E-state index in [9.17, 15) is 13.2 Å². The molecule has 0 spiro atoms. The van der Waals surface area contributed by atoms with Crippen LogP contribution in [0.15, 0.2) is 16.3 Å². The summed E-state index contributed by atoms with van der Waals surface area (Å²) in [5, 5.41) is 5.12. The Morgan fingerprint density at radius 3 is 2.62 bits per heavy atom. The zero-order valence-corrected chi connectivity index (χ0v) is 14.0. The highest BCUT2D eigenvalue weighted by molar-refractivity contribution is 7.91. The molecular weight excluding hydrogens is 312 g/mol. The average molecular weight is 332 g/mol. The molecule has 1 amide bonds. The van der Waals surface area contributed by atoms with Gasteiger partial charge in [-0.25, -0.2) is 18.4 Å². The number of hydrogen-bond donors (Lipinski definition) is 1. The molecule has 2 N–H and O–H groups in total. The fourth-order valence-electron chi connectivity index (χ4n) is 2.27. The molecule has 6 nitrogen and oxygen atoms in total. The Hall–Kier alpha value is -1.12. The molecule has 0 saturated carbocycles. The smallest absolute Gasteiger partial charge is 0.410 e. The van der Waals surface area contributed by atoms with Crippen molar-refractivity contribution in [2.75, 3.05) is 6.54 Å². The standard InChI is InChI=1S/C13H20N2O4S2/c1-13(2,3)19-12(16)15-8-4-5-9(15)10-6-7-11(20-10)21(14,17)18/h6-7,9H,4-5,8H2,1-3H3,(H2,14,17,18)/t9-/m1/s1. The lowest BCUT2D eigenvalue weighted by molar-refractivity contribution is 0.0227. The number of sulfonamides is 1. The van der Waals surface area contributed by atoms with Crippen molar-refractivity contribution >= 4 is 27.5 Å². The summed E-state index contributed by atoms with van der Waals surface area (Å²) in [5.74, 6) is 0. The highest BCUT2D eigenvalue weighted by Gasteiger charge is 2.34. The topological polar surface area (TPSA) is 89.7 Å². The highest BCUT2D eigenvalue weighted by atomic mass is 32.2. The van der Waals surface area contributed by atoms with Crippen LogP contribution in [0.5, 0.6) is 0 Å². The van der Waals surface area contributed by atoms with Crippen molar-refractivity contribution in [3.8, 4) is 0 Å². The van der Waals surface area contributed by atoms with Gasteiger partial charge in [0, 0.05) is 11.4 Å². The Morgan fingerprint density at radius 2 is 2.10 bits per heavy atom. The second-order valence-corrected chi connectivity index (χ2v) is 8.94. The van der Waals surface area contributed by atoms with Gasteiger partial charge in [0.05, 0.1) is 6.04 Å². The highest BCUT2D eigenvalue weighted by Crippen LogP contribution is 2.37. The number of ether oxygens (including phenoxy) is 1. The van der Waals surface area contributed by atoms with Gasteiger partial charge in [-0.1, -0.05) is 0 Å². The first kappa shape index (κ1) is 16.3. The summed E-state index contributed by atoms with van der Waals surface area (Å²) >= 11 is 1.11. The molecule has 0 aliphatic carbocycles. The van der Waals surface area contributed by atoms with Crippen molar-refractivity contribution in [3.05, 3.63) is 17.0 Å². The molecule has 1 aliphatic rings. The molecule has 8 heteroatoms. The number of carbonyl (C=O) groups is 1. The quantitative estimate of drug-likeness (QED) is 0.901. The van der Waals surface area contributed by atoms with Crippen LogP contribution in [0, 0.1) is 0 Å². The summed E-state index contributed by atoms with van der Waals surface area (Å²) < 4.78 is 28.2. The monoisotopic (exact) mass is 332 g/mol. The number of nitrogens with two attached hydrogens (primary N) is 1. The van der Waals surface area contributed by atoms with Gasteiger partial charge in [0.15, 0.2) is 0 Å². The molecule has 0 bridgehead atoms. The molecule has 0 aromatic carbocycles. The third kappa shape index (κ3) is 3.96. The summed E-state index contributed by atoms with van der Waals surface area (Å²) in [6.45, 7) is 6.07. The molecule has 1 aromatic rings. The van der Waals surface area contributed by atoms with Gasteiger partial charge in [-0.3, -0.25) is 0 Å². The first-order valence-electron chi connectivity index (χ1n) is 6.70. The van der Waals surface area contributed by atoms with Crippen LogP contribution in [0.4, 0.5) is 4.79 Å². The second-order valence-electron chi connectivity index (χ2n) is 6.03. The van der Waals surface area contributed by atoms with Crippen LogP contribution >= 0.6 is 11.3 Å². The molecule has 1 aromatic heterocycles. The van der Waals surface area contributed by atoms with E-state index in [4.69, 9.17) is 9.88 Å². The molecule has 0 unspecified atom stereocenters. The Morgan fingerprint density at radius 1 is 1.43 bits per heavy atom. The maximum absolute atomic E-state index is 12.2. The van der Waals surface area contributed by atoms with Crippen molar-refractivity contribution in [1.82, 2.24) is 4.90 Å². The minimum atomic E-state index is -3.69. The summed E-state index contributed by atoms with van der Waals surface area (Å²) in [6.07, 6.45) is 1.30. The van der Waals surface area contributed by atoms with Crippen molar-refractivity contribution < 1.29 is 17.9 Å². The van der Waals surface area contributed by atoms with Crippen LogP contribution < -0.4 is 5.14 Å². The minimum absolute atomic E-state index is 0.119. The first-order valence-corrected chi connectivity index (χ1v) is 9.06. The molecular formula is C13H20N2O4S2. The van der Waals surface area contributed by atoms with Gasteiger partial charge in [-0.2, -0.15) is 0 Å². The van der Waals surface area contributed by atoms with Crippen LogP contribution in [-0.4, -0.2) is 31.6 Å². The number of primary sulfonamides is 1. The maximum Gasteiger partial charge on any atom is 0.410 e. The number of nitrogens with zero attached hydrogens (tertiary/aromatic N) is 1. The van der Waals surface area contributed by atoms with E-state index in [2.05, 4.69) is 0 Å². The number of amides is 1. The van der Waals surface area contributed by atoms with Crippen LogP contribution in [-0.2, 0) is 14.8 Å². The summed E-state index contributed by atoms with van der Waals surface area (Å²) in [5.41, 5.74) is -0.550. The van der Waals surface area contributed by atoms with Crippen LogP contribution in [0.1, 0.15) is 44.5 Å². The number of carbonyl (C=O) groups excluding carboxylic acids is 1. The predicted octanol–water partition coefficient (Wildman–Crippen LogP) is 2.47. The van der Waals surface area contributed by atoms with Gasteiger partial charge in [0.2, 0.25) is 10.0 Å². The molecule has 1 atom stereocenters. The minimum Gasteiger partial charge on any atom is -0.444 e. The lowest BCUT2D eigenvalue weighted by Gasteiger charge is -2.28. The number of likely N-dealkylation sites (tertiary alicyclic amines) is 1. The molecule has 1 fully saturated rings. The van der Waals surface area contributed by atoms with E-state index < -0.39 is 15.6 Å². The maximum atomic E-state index is 12.2. The van der Waals surface area contributed by atoms with Crippen molar-refractivity contribution in [2.45, 2.75) is 49.5 Å². The molecule has 2 rings (SSSR count). The van der Waals surface area contributed by atoms with Gasteiger partial charge >= 0.3 is 6.09 Å². The average Bonchev–Trinajstić information content (AvgIpc) is 2.94. The zero-order valence-electron chi connectivity index (χ0n) is 12.3. The molecule has 118 valence electrons. The number of thiophene rings is 1. The predicted molar refractivity (Wildman–Crippen MR) is 80.6 cm³/mol. The van der Waals surface area contributed by atoms with E-state index >= 15 is 0 Å². The van der Waals surface area contributed by atoms with Crippen LogP contribution in [0.25, 0.3) is 0 Å². The summed E-state index contributed by atoms with van der Waals surface area (Å²) in [7, 11) is -3.69. The molecule has 1 saturated heterocycles. The third-order valence-corrected chi connectivity index (χ3v) is 5.72. The van der Waals surface area contributed by atoms with E-state index in [0.29, 0.717) is 6.54 Å². The first-order chi connectivity index (χ1) is 9.58.